The fourth-order valence-electron chi connectivity index (χ4n) is 1.63. The Bertz CT molecular complexity index is 131. The predicted octanol–water partition coefficient (Wildman–Crippen LogP) is -0.670. The Morgan fingerprint density at radius 3 is 2.45 bits per heavy atom. The van der Waals surface area contributed by atoms with E-state index in [1.165, 1.54) is 0 Å². The maximum Gasteiger partial charge on any atom is 0.0842 e. The van der Waals surface area contributed by atoms with Gasteiger partial charge >= 0.3 is 0 Å². The average molecular weight is 159 g/mol. The van der Waals surface area contributed by atoms with E-state index in [1.807, 2.05) is 6.92 Å². The quantitative estimate of drug-likeness (QED) is 0.443. The van der Waals surface area contributed by atoms with Gasteiger partial charge in [0.05, 0.1) is 6.10 Å². The lowest BCUT2D eigenvalue weighted by Gasteiger charge is -2.35. The molecule has 0 spiro atoms. The minimum Gasteiger partial charge on any atom is -0.328 e. The zero-order chi connectivity index (χ0) is 8.43. The molecular weight excluding hydrogens is 142 g/mol. The summed E-state index contributed by atoms with van der Waals surface area (Å²) in [5.74, 6) is 5.43. The first-order chi connectivity index (χ1) is 5.15. The van der Waals surface area contributed by atoms with E-state index in [1.54, 1.807) is 0 Å². The second-order valence-corrected chi connectivity index (χ2v) is 3.43. The van der Waals surface area contributed by atoms with Gasteiger partial charge in [0, 0.05) is 12.1 Å². The molecule has 1 saturated carbocycles. The highest BCUT2D eigenvalue weighted by molar-refractivity contribution is 4.88. The third-order valence-electron chi connectivity index (χ3n) is 2.55. The van der Waals surface area contributed by atoms with Crippen molar-refractivity contribution < 1.29 is 4.84 Å². The lowest BCUT2D eigenvalue weighted by atomic mass is 9.81. The third kappa shape index (κ3) is 1.90. The van der Waals surface area contributed by atoms with E-state index in [9.17, 15) is 0 Å². The molecular formula is C7H17N3O. The van der Waals surface area contributed by atoms with Gasteiger partial charge in [0.25, 0.3) is 0 Å². The number of hydrogen-bond acceptors (Lipinski definition) is 4. The number of hydrogen-bond donors (Lipinski definition) is 3. The van der Waals surface area contributed by atoms with Crippen LogP contribution in [0.5, 0.6) is 0 Å². The van der Waals surface area contributed by atoms with Gasteiger partial charge in [0.15, 0.2) is 0 Å². The Balaban J connectivity index is 2.51. The fourth-order valence-corrected chi connectivity index (χ4v) is 1.63. The third-order valence-corrected chi connectivity index (χ3v) is 2.55. The van der Waals surface area contributed by atoms with Crippen LogP contribution < -0.4 is 17.4 Å². The van der Waals surface area contributed by atoms with Crippen LogP contribution in [0.2, 0.25) is 0 Å². The highest BCUT2D eigenvalue weighted by atomic mass is 16.6. The molecule has 0 aromatic rings. The van der Waals surface area contributed by atoms with Gasteiger partial charge in [-0.05, 0) is 18.8 Å². The predicted molar refractivity (Wildman–Crippen MR) is 43.4 cm³/mol. The van der Waals surface area contributed by atoms with Crippen LogP contribution in [0.15, 0.2) is 0 Å². The minimum absolute atomic E-state index is 0.0359. The van der Waals surface area contributed by atoms with Gasteiger partial charge in [0.2, 0.25) is 0 Å². The summed E-state index contributed by atoms with van der Waals surface area (Å²) in [6, 6.07) is 0.280. The zero-order valence-electron chi connectivity index (χ0n) is 6.86. The normalized spacial score (nSPS) is 45.8. The van der Waals surface area contributed by atoms with Crippen LogP contribution in [-0.2, 0) is 4.84 Å². The maximum absolute atomic E-state index is 5.82. The lowest BCUT2D eigenvalue weighted by molar-refractivity contribution is -0.0183. The Hall–Kier alpha value is -0.160. The molecule has 0 amide bonds. The SMILES string of the molecule is CC1C(N)CC(N)CC1ON. The van der Waals surface area contributed by atoms with Crippen LogP contribution in [0.1, 0.15) is 19.8 Å². The van der Waals surface area contributed by atoms with Crippen LogP contribution in [0.3, 0.4) is 0 Å². The minimum atomic E-state index is 0.0359. The molecule has 1 aliphatic rings. The van der Waals surface area contributed by atoms with Crippen LogP contribution in [0, 0.1) is 5.92 Å². The summed E-state index contributed by atoms with van der Waals surface area (Å²) < 4.78 is 0. The van der Waals surface area contributed by atoms with Crippen molar-refractivity contribution in [2.45, 2.75) is 38.0 Å². The van der Waals surface area contributed by atoms with E-state index >= 15 is 0 Å². The summed E-state index contributed by atoms with van der Waals surface area (Å²) in [5, 5.41) is 0. The van der Waals surface area contributed by atoms with E-state index in [0.29, 0.717) is 5.92 Å². The molecule has 0 saturated heterocycles. The molecule has 1 rings (SSSR count). The van der Waals surface area contributed by atoms with E-state index < -0.39 is 0 Å². The summed E-state index contributed by atoms with van der Waals surface area (Å²) in [6.07, 6.45) is 1.74. The average Bonchev–Trinajstić information content (AvgIpc) is 1.96. The second kappa shape index (κ2) is 3.49. The zero-order valence-corrected chi connectivity index (χ0v) is 6.86. The van der Waals surface area contributed by atoms with Crippen molar-refractivity contribution in [3.8, 4) is 0 Å². The van der Waals surface area contributed by atoms with E-state index in [-0.39, 0.29) is 18.2 Å². The van der Waals surface area contributed by atoms with Gasteiger partial charge < -0.3 is 16.3 Å². The molecule has 0 aromatic heterocycles. The molecule has 4 heteroatoms. The molecule has 11 heavy (non-hydrogen) atoms. The Morgan fingerprint density at radius 1 is 1.27 bits per heavy atom. The van der Waals surface area contributed by atoms with E-state index in [2.05, 4.69) is 0 Å². The Morgan fingerprint density at radius 2 is 1.91 bits per heavy atom. The largest absolute Gasteiger partial charge is 0.328 e. The molecule has 0 aliphatic heterocycles. The van der Waals surface area contributed by atoms with Crippen molar-refractivity contribution in [2.75, 3.05) is 0 Å². The summed E-state index contributed by atoms with van der Waals surface area (Å²) in [4.78, 5) is 4.78. The van der Waals surface area contributed by atoms with Crippen molar-refractivity contribution in [1.29, 1.82) is 0 Å². The van der Waals surface area contributed by atoms with Crippen molar-refractivity contribution >= 4 is 0 Å². The Labute approximate surface area is 67.0 Å². The van der Waals surface area contributed by atoms with E-state index in [0.717, 1.165) is 12.8 Å². The van der Waals surface area contributed by atoms with Crippen molar-refractivity contribution in [1.82, 2.24) is 0 Å². The van der Waals surface area contributed by atoms with Gasteiger partial charge in [-0.3, -0.25) is 0 Å². The standard InChI is InChI=1S/C7H17N3O/c1-4-6(9)2-5(8)3-7(4)11-10/h4-7H,2-3,8-10H2,1H3. The van der Waals surface area contributed by atoms with Crippen molar-refractivity contribution in [2.24, 2.45) is 23.3 Å². The molecule has 4 atom stereocenters. The Kier molecular flexibility index (Phi) is 2.84. The highest BCUT2D eigenvalue weighted by Crippen LogP contribution is 2.23. The smallest absolute Gasteiger partial charge is 0.0842 e. The fraction of sp³-hybridized carbons (Fsp3) is 1.00. The van der Waals surface area contributed by atoms with Gasteiger partial charge in [-0.2, -0.15) is 0 Å². The molecule has 6 N–H and O–H groups in total. The van der Waals surface area contributed by atoms with Gasteiger partial charge in [-0.15, -0.1) is 0 Å². The first-order valence-corrected chi connectivity index (χ1v) is 4.02. The maximum atomic E-state index is 5.82. The molecule has 1 aliphatic carbocycles. The summed E-state index contributed by atoms with van der Waals surface area (Å²) in [5.41, 5.74) is 11.6. The lowest BCUT2D eigenvalue weighted by Crippen LogP contribution is -2.49. The molecule has 1 fully saturated rings. The number of rotatable bonds is 1. The number of nitrogens with two attached hydrogens (primary N) is 3. The monoisotopic (exact) mass is 159 g/mol. The summed E-state index contributed by atoms with van der Waals surface area (Å²) >= 11 is 0. The van der Waals surface area contributed by atoms with Gasteiger partial charge in [-0.1, -0.05) is 6.92 Å². The van der Waals surface area contributed by atoms with Gasteiger partial charge in [-0.25, -0.2) is 5.90 Å². The molecule has 4 nitrogen and oxygen atoms in total. The first-order valence-electron chi connectivity index (χ1n) is 4.02. The summed E-state index contributed by atoms with van der Waals surface area (Å²) in [7, 11) is 0. The van der Waals surface area contributed by atoms with Crippen LogP contribution in [-0.4, -0.2) is 18.2 Å². The summed E-state index contributed by atoms with van der Waals surface area (Å²) in [6.45, 7) is 2.05. The molecule has 0 heterocycles. The van der Waals surface area contributed by atoms with Crippen molar-refractivity contribution in [3.63, 3.8) is 0 Å². The van der Waals surface area contributed by atoms with Crippen molar-refractivity contribution in [3.05, 3.63) is 0 Å². The molecule has 4 unspecified atom stereocenters. The molecule has 0 bridgehead atoms. The van der Waals surface area contributed by atoms with Crippen LogP contribution in [0.4, 0.5) is 0 Å². The molecule has 66 valence electrons. The first kappa shape index (κ1) is 8.93. The van der Waals surface area contributed by atoms with Gasteiger partial charge in [0.1, 0.15) is 0 Å². The van der Waals surface area contributed by atoms with Crippen LogP contribution in [0.25, 0.3) is 0 Å². The molecule has 0 aromatic carbocycles. The highest BCUT2D eigenvalue weighted by Gasteiger charge is 2.31. The second-order valence-electron chi connectivity index (χ2n) is 3.43. The molecule has 0 radical (unpaired) electrons. The van der Waals surface area contributed by atoms with Crippen LogP contribution >= 0.6 is 0 Å². The topological polar surface area (TPSA) is 87.3 Å². The van der Waals surface area contributed by atoms with E-state index in [4.69, 9.17) is 22.2 Å².